The quantitative estimate of drug-likeness (QED) is 0.735. The highest BCUT2D eigenvalue weighted by Gasteiger charge is 2.35. The van der Waals surface area contributed by atoms with E-state index in [1.807, 2.05) is 18.7 Å². The monoisotopic (exact) mass is 304 g/mol. The second kappa shape index (κ2) is 5.99. The fourth-order valence-electron chi connectivity index (χ4n) is 2.88. The molecule has 0 N–H and O–H groups in total. The summed E-state index contributed by atoms with van der Waals surface area (Å²) in [5.74, 6) is 0.0987. The summed E-state index contributed by atoms with van der Waals surface area (Å²) in [7, 11) is -3.13. The average Bonchev–Trinajstić information content (AvgIpc) is 2.40. The molecule has 6 nitrogen and oxygen atoms in total. The Bertz CT molecular complexity index is 457. The van der Waals surface area contributed by atoms with E-state index in [1.54, 1.807) is 0 Å². The fraction of sp³-hybridized carbons (Fsp3) is 0.923. The maximum absolute atomic E-state index is 12.6. The molecular weight excluding hydrogens is 280 g/mol. The Hall–Kier alpha value is -0.660. The van der Waals surface area contributed by atoms with Gasteiger partial charge in [-0.15, -0.1) is 0 Å². The van der Waals surface area contributed by atoms with Gasteiger partial charge < -0.3 is 9.64 Å². The lowest BCUT2D eigenvalue weighted by Crippen LogP contribution is -2.53. The molecule has 0 aliphatic carbocycles. The number of nitrogens with zero attached hydrogens (tertiary/aromatic N) is 2. The van der Waals surface area contributed by atoms with Gasteiger partial charge in [-0.25, -0.2) is 12.7 Å². The molecular formula is C13H24N2O4S. The van der Waals surface area contributed by atoms with E-state index in [2.05, 4.69) is 0 Å². The Morgan fingerprint density at radius 2 is 1.80 bits per heavy atom. The van der Waals surface area contributed by atoms with Gasteiger partial charge in [0.25, 0.3) is 0 Å². The van der Waals surface area contributed by atoms with Crippen LogP contribution in [-0.2, 0) is 19.6 Å². The highest BCUT2D eigenvalue weighted by molar-refractivity contribution is 7.88. The predicted octanol–water partition coefficient (Wildman–Crippen LogP) is 0.294. The Morgan fingerprint density at radius 1 is 1.20 bits per heavy atom. The van der Waals surface area contributed by atoms with Crippen LogP contribution in [0.2, 0.25) is 0 Å². The second-order valence-electron chi connectivity index (χ2n) is 5.92. The molecule has 0 saturated carbocycles. The van der Waals surface area contributed by atoms with Crippen LogP contribution in [0.25, 0.3) is 0 Å². The Kier molecular flexibility index (Phi) is 4.71. The van der Waals surface area contributed by atoms with Crippen LogP contribution in [0.5, 0.6) is 0 Å². The van der Waals surface area contributed by atoms with Crippen LogP contribution in [0.15, 0.2) is 0 Å². The molecule has 0 aromatic carbocycles. The van der Waals surface area contributed by atoms with Crippen molar-refractivity contribution in [3.63, 3.8) is 0 Å². The maximum Gasteiger partial charge on any atom is 0.226 e. The molecule has 116 valence electrons. The van der Waals surface area contributed by atoms with Crippen LogP contribution in [0, 0.1) is 5.92 Å². The average molecular weight is 304 g/mol. The third-order valence-corrected chi connectivity index (χ3v) is 5.47. The van der Waals surface area contributed by atoms with Crippen LogP contribution in [0.1, 0.15) is 26.7 Å². The lowest BCUT2D eigenvalue weighted by Gasteiger charge is -2.40. The molecule has 0 spiro atoms. The van der Waals surface area contributed by atoms with Crippen molar-refractivity contribution in [1.82, 2.24) is 9.21 Å². The van der Waals surface area contributed by atoms with Crippen molar-refractivity contribution in [2.75, 3.05) is 32.5 Å². The van der Waals surface area contributed by atoms with Crippen LogP contribution >= 0.6 is 0 Å². The number of carbonyl (C=O) groups is 1. The molecule has 2 aliphatic heterocycles. The summed E-state index contributed by atoms with van der Waals surface area (Å²) in [6.45, 7) is 6.07. The molecule has 2 saturated heterocycles. The molecule has 0 bridgehead atoms. The summed E-state index contributed by atoms with van der Waals surface area (Å²) in [6, 6.07) is 0.103. The van der Waals surface area contributed by atoms with Crippen LogP contribution in [0.3, 0.4) is 0 Å². The summed E-state index contributed by atoms with van der Waals surface area (Å²) in [5, 5.41) is 0. The Morgan fingerprint density at radius 3 is 2.35 bits per heavy atom. The van der Waals surface area contributed by atoms with Crippen LogP contribution in [-0.4, -0.2) is 68.2 Å². The van der Waals surface area contributed by atoms with Crippen molar-refractivity contribution in [3.8, 4) is 0 Å². The topological polar surface area (TPSA) is 66.9 Å². The first-order valence-electron chi connectivity index (χ1n) is 7.16. The largest absolute Gasteiger partial charge is 0.375 e. The van der Waals surface area contributed by atoms with E-state index in [9.17, 15) is 13.2 Å². The lowest BCUT2D eigenvalue weighted by atomic mass is 9.95. The van der Waals surface area contributed by atoms with E-state index in [1.165, 1.54) is 10.6 Å². The number of ether oxygens (including phenoxy) is 1. The number of morpholine rings is 1. The van der Waals surface area contributed by atoms with Crippen molar-refractivity contribution in [1.29, 1.82) is 0 Å². The summed E-state index contributed by atoms with van der Waals surface area (Å²) in [5.41, 5.74) is 0. The van der Waals surface area contributed by atoms with E-state index in [4.69, 9.17) is 4.74 Å². The zero-order valence-corrected chi connectivity index (χ0v) is 13.2. The number of rotatable bonds is 2. The molecule has 2 fully saturated rings. The third kappa shape index (κ3) is 3.51. The predicted molar refractivity (Wildman–Crippen MR) is 75.7 cm³/mol. The summed E-state index contributed by atoms with van der Waals surface area (Å²) < 4.78 is 29.9. The number of piperidine rings is 1. The van der Waals surface area contributed by atoms with Gasteiger partial charge in [-0.3, -0.25) is 4.79 Å². The van der Waals surface area contributed by atoms with E-state index in [-0.39, 0.29) is 24.0 Å². The summed E-state index contributed by atoms with van der Waals surface area (Å²) >= 11 is 0. The van der Waals surface area contributed by atoms with E-state index in [0.29, 0.717) is 39.1 Å². The highest BCUT2D eigenvalue weighted by atomic mass is 32.2. The van der Waals surface area contributed by atoms with E-state index < -0.39 is 10.0 Å². The molecule has 2 aliphatic rings. The first-order chi connectivity index (χ1) is 9.29. The van der Waals surface area contributed by atoms with Crippen LogP contribution in [0.4, 0.5) is 0 Å². The minimum Gasteiger partial charge on any atom is -0.375 e. The minimum atomic E-state index is -3.13. The van der Waals surface area contributed by atoms with Crippen molar-refractivity contribution >= 4 is 15.9 Å². The molecule has 2 atom stereocenters. The van der Waals surface area contributed by atoms with E-state index in [0.717, 1.165) is 0 Å². The molecule has 0 unspecified atom stereocenters. The third-order valence-electron chi connectivity index (χ3n) is 4.16. The van der Waals surface area contributed by atoms with Gasteiger partial charge >= 0.3 is 0 Å². The molecule has 0 aromatic heterocycles. The molecule has 20 heavy (non-hydrogen) atoms. The standard InChI is InChI=1S/C13H24N2O4S/c1-10-9-19-11(2)8-15(10)13(16)12-4-6-14(7-5-12)20(3,17)18/h10-12H,4-9H2,1-3H3/t10-,11-/m1/s1. The highest BCUT2D eigenvalue weighted by Crippen LogP contribution is 2.24. The van der Waals surface area contributed by atoms with Crippen LogP contribution < -0.4 is 0 Å². The smallest absolute Gasteiger partial charge is 0.226 e. The second-order valence-corrected chi connectivity index (χ2v) is 7.90. The van der Waals surface area contributed by atoms with Gasteiger partial charge in [0.15, 0.2) is 0 Å². The fourth-order valence-corrected chi connectivity index (χ4v) is 3.75. The number of hydrogen-bond donors (Lipinski definition) is 0. The van der Waals surface area contributed by atoms with Gasteiger partial charge in [0.2, 0.25) is 15.9 Å². The molecule has 2 rings (SSSR count). The first kappa shape index (κ1) is 15.7. The number of amides is 1. The molecule has 1 amide bonds. The van der Waals surface area contributed by atoms with Crippen molar-refractivity contribution < 1.29 is 17.9 Å². The normalized spacial score (nSPS) is 30.4. The molecule has 2 heterocycles. The van der Waals surface area contributed by atoms with Gasteiger partial charge in [0.05, 0.1) is 25.0 Å². The SMILES string of the molecule is C[C@@H]1CN(C(=O)C2CCN(S(C)(=O)=O)CC2)[C@H](C)CO1. The molecule has 0 radical (unpaired) electrons. The number of carbonyl (C=O) groups excluding carboxylic acids is 1. The molecule has 7 heteroatoms. The van der Waals surface area contributed by atoms with Gasteiger partial charge in [-0.1, -0.05) is 0 Å². The first-order valence-corrected chi connectivity index (χ1v) is 9.01. The number of sulfonamides is 1. The summed E-state index contributed by atoms with van der Waals surface area (Å²) in [4.78, 5) is 14.5. The van der Waals surface area contributed by atoms with Gasteiger partial charge in [-0.2, -0.15) is 0 Å². The molecule has 0 aromatic rings. The van der Waals surface area contributed by atoms with Gasteiger partial charge in [-0.05, 0) is 26.7 Å². The van der Waals surface area contributed by atoms with Gasteiger partial charge in [0.1, 0.15) is 0 Å². The summed E-state index contributed by atoms with van der Waals surface area (Å²) in [6.07, 6.45) is 2.53. The minimum absolute atomic E-state index is 0.0549. The Labute approximate surface area is 121 Å². The van der Waals surface area contributed by atoms with Crippen molar-refractivity contribution in [2.24, 2.45) is 5.92 Å². The van der Waals surface area contributed by atoms with Gasteiger partial charge in [0, 0.05) is 25.6 Å². The lowest BCUT2D eigenvalue weighted by molar-refractivity contribution is -0.148. The van der Waals surface area contributed by atoms with Crippen molar-refractivity contribution in [2.45, 2.75) is 38.8 Å². The maximum atomic E-state index is 12.6. The zero-order valence-electron chi connectivity index (χ0n) is 12.4. The number of hydrogen-bond acceptors (Lipinski definition) is 4. The van der Waals surface area contributed by atoms with E-state index >= 15 is 0 Å². The zero-order chi connectivity index (χ0) is 14.9. The van der Waals surface area contributed by atoms with Crippen molar-refractivity contribution in [3.05, 3.63) is 0 Å². The Balaban J connectivity index is 1.94.